The first-order valence-corrected chi connectivity index (χ1v) is 7.30. The van der Waals surface area contributed by atoms with E-state index in [1.807, 2.05) is 32.0 Å². The Morgan fingerprint density at radius 2 is 1.95 bits per heavy atom. The summed E-state index contributed by atoms with van der Waals surface area (Å²) in [4.78, 5) is 0. The number of rotatable bonds is 9. The van der Waals surface area contributed by atoms with Crippen molar-refractivity contribution in [3.8, 4) is 11.5 Å². The minimum Gasteiger partial charge on any atom is -0.490 e. The molecule has 0 bridgehead atoms. The molecule has 20 heavy (non-hydrogen) atoms. The summed E-state index contributed by atoms with van der Waals surface area (Å²) in [6.45, 7) is 10.1. The van der Waals surface area contributed by atoms with Crippen molar-refractivity contribution in [1.82, 2.24) is 5.32 Å². The highest BCUT2D eigenvalue weighted by Gasteiger charge is 2.12. The number of aliphatic hydroxyl groups excluding tert-OH is 1. The van der Waals surface area contributed by atoms with Crippen LogP contribution in [0.2, 0.25) is 0 Å². The molecule has 1 unspecified atom stereocenters. The second-order valence-electron chi connectivity index (χ2n) is 5.31. The van der Waals surface area contributed by atoms with Gasteiger partial charge < -0.3 is 19.9 Å². The summed E-state index contributed by atoms with van der Waals surface area (Å²) in [5.74, 6) is 1.65. The van der Waals surface area contributed by atoms with Crippen LogP contribution in [0.3, 0.4) is 0 Å². The normalized spacial score (nSPS) is 12.5. The van der Waals surface area contributed by atoms with Gasteiger partial charge in [-0.15, -0.1) is 0 Å². The summed E-state index contributed by atoms with van der Waals surface area (Å²) in [6, 6.07) is 6.35. The molecule has 1 atom stereocenters. The van der Waals surface area contributed by atoms with Crippen LogP contribution in [-0.4, -0.2) is 31.0 Å². The van der Waals surface area contributed by atoms with E-state index >= 15 is 0 Å². The first-order valence-electron chi connectivity index (χ1n) is 7.30. The van der Waals surface area contributed by atoms with Gasteiger partial charge in [0.1, 0.15) is 0 Å². The number of benzene rings is 1. The highest BCUT2D eigenvalue weighted by molar-refractivity contribution is 5.46. The van der Waals surface area contributed by atoms with Gasteiger partial charge in [0, 0.05) is 30.7 Å². The largest absolute Gasteiger partial charge is 0.490 e. The van der Waals surface area contributed by atoms with E-state index in [-0.39, 0.29) is 12.5 Å². The molecule has 0 fully saturated rings. The molecule has 4 heteroatoms. The number of ether oxygens (including phenoxy) is 2. The van der Waals surface area contributed by atoms with Crippen molar-refractivity contribution in [3.63, 3.8) is 0 Å². The molecule has 2 N–H and O–H groups in total. The fourth-order valence-electron chi connectivity index (χ4n) is 1.73. The summed E-state index contributed by atoms with van der Waals surface area (Å²) < 4.78 is 11.5. The number of para-hydroxylation sites is 1. The Balaban J connectivity index is 2.87. The number of aliphatic hydroxyl groups is 1. The average molecular weight is 281 g/mol. The van der Waals surface area contributed by atoms with Crippen LogP contribution in [0.1, 0.15) is 33.3 Å². The second kappa shape index (κ2) is 8.82. The van der Waals surface area contributed by atoms with E-state index in [2.05, 4.69) is 19.2 Å². The summed E-state index contributed by atoms with van der Waals surface area (Å²) in [5, 5.41) is 12.5. The monoisotopic (exact) mass is 281 g/mol. The summed E-state index contributed by atoms with van der Waals surface area (Å²) in [6.07, 6.45) is 0. The van der Waals surface area contributed by atoms with E-state index < -0.39 is 0 Å². The third-order valence-electron chi connectivity index (χ3n) is 2.88. The predicted molar refractivity (Wildman–Crippen MR) is 81.3 cm³/mol. The molecule has 1 aromatic rings. The average Bonchev–Trinajstić information content (AvgIpc) is 2.43. The zero-order valence-corrected chi connectivity index (χ0v) is 13.0. The van der Waals surface area contributed by atoms with Gasteiger partial charge >= 0.3 is 0 Å². The maximum Gasteiger partial charge on any atom is 0.165 e. The molecule has 0 saturated carbocycles. The molecule has 4 nitrogen and oxygen atoms in total. The van der Waals surface area contributed by atoms with Crippen molar-refractivity contribution >= 4 is 0 Å². The van der Waals surface area contributed by atoms with Crippen LogP contribution in [0.5, 0.6) is 11.5 Å². The highest BCUT2D eigenvalue weighted by Crippen LogP contribution is 2.31. The standard InChI is InChI=1S/C16H27NO3/c1-5-19-15-8-6-7-14(9-17-12(2)3)16(15)20-11-13(4)10-18/h6-8,12-13,17-18H,5,9-11H2,1-4H3. The van der Waals surface area contributed by atoms with Gasteiger partial charge in [-0.2, -0.15) is 0 Å². The lowest BCUT2D eigenvalue weighted by molar-refractivity contribution is 0.169. The maximum atomic E-state index is 9.11. The fourth-order valence-corrected chi connectivity index (χ4v) is 1.73. The first-order chi connectivity index (χ1) is 9.58. The summed E-state index contributed by atoms with van der Waals surface area (Å²) in [7, 11) is 0. The van der Waals surface area contributed by atoms with Crippen LogP contribution in [-0.2, 0) is 6.54 Å². The Morgan fingerprint density at radius 1 is 1.20 bits per heavy atom. The van der Waals surface area contributed by atoms with E-state index in [0.29, 0.717) is 19.3 Å². The van der Waals surface area contributed by atoms with Gasteiger partial charge in [-0.3, -0.25) is 0 Å². The molecule has 0 aliphatic carbocycles. The van der Waals surface area contributed by atoms with Gasteiger partial charge in [0.25, 0.3) is 0 Å². The Bertz CT molecular complexity index is 393. The Kier molecular flexibility index (Phi) is 7.41. The van der Waals surface area contributed by atoms with Crippen LogP contribution < -0.4 is 14.8 Å². The Morgan fingerprint density at radius 3 is 2.55 bits per heavy atom. The lowest BCUT2D eigenvalue weighted by Crippen LogP contribution is -2.22. The fraction of sp³-hybridized carbons (Fsp3) is 0.625. The van der Waals surface area contributed by atoms with Gasteiger partial charge in [0.2, 0.25) is 0 Å². The third-order valence-corrected chi connectivity index (χ3v) is 2.88. The molecule has 0 heterocycles. The molecule has 1 aromatic carbocycles. The van der Waals surface area contributed by atoms with Crippen molar-refractivity contribution in [2.75, 3.05) is 19.8 Å². The lowest BCUT2D eigenvalue weighted by Gasteiger charge is -2.18. The molecule has 114 valence electrons. The molecule has 0 aliphatic rings. The minimum absolute atomic E-state index is 0.107. The number of hydrogen-bond acceptors (Lipinski definition) is 4. The topological polar surface area (TPSA) is 50.7 Å². The molecule has 0 aromatic heterocycles. The second-order valence-corrected chi connectivity index (χ2v) is 5.31. The molecule has 0 amide bonds. The molecule has 0 aliphatic heterocycles. The quantitative estimate of drug-likeness (QED) is 0.730. The minimum atomic E-state index is 0.107. The predicted octanol–water partition coefficient (Wildman–Crippen LogP) is 2.59. The van der Waals surface area contributed by atoms with E-state index in [4.69, 9.17) is 14.6 Å². The SMILES string of the molecule is CCOc1cccc(CNC(C)C)c1OCC(C)CO. The third kappa shape index (κ3) is 5.39. The van der Waals surface area contributed by atoms with Crippen molar-refractivity contribution < 1.29 is 14.6 Å². The van der Waals surface area contributed by atoms with E-state index in [1.54, 1.807) is 0 Å². The van der Waals surface area contributed by atoms with Crippen LogP contribution in [0.25, 0.3) is 0 Å². The van der Waals surface area contributed by atoms with Gasteiger partial charge in [0.05, 0.1) is 13.2 Å². The van der Waals surface area contributed by atoms with Crippen molar-refractivity contribution in [1.29, 1.82) is 0 Å². The summed E-state index contributed by atoms with van der Waals surface area (Å²) in [5.41, 5.74) is 1.08. The van der Waals surface area contributed by atoms with Crippen LogP contribution in [0.15, 0.2) is 18.2 Å². The smallest absolute Gasteiger partial charge is 0.165 e. The molecule has 1 rings (SSSR count). The molecular weight excluding hydrogens is 254 g/mol. The van der Waals surface area contributed by atoms with Crippen molar-refractivity contribution in [2.45, 2.75) is 40.3 Å². The molecule has 0 spiro atoms. The van der Waals surface area contributed by atoms with Gasteiger partial charge in [-0.05, 0) is 13.0 Å². The van der Waals surface area contributed by atoms with E-state index in [1.165, 1.54) is 0 Å². The Labute approximate surface area is 122 Å². The number of nitrogens with one attached hydrogen (secondary N) is 1. The lowest BCUT2D eigenvalue weighted by atomic mass is 10.1. The maximum absolute atomic E-state index is 9.11. The highest BCUT2D eigenvalue weighted by atomic mass is 16.5. The van der Waals surface area contributed by atoms with Crippen LogP contribution in [0.4, 0.5) is 0 Å². The molecule has 0 radical (unpaired) electrons. The zero-order valence-electron chi connectivity index (χ0n) is 13.0. The van der Waals surface area contributed by atoms with Crippen molar-refractivity contribution in [2.24, 2.45) is 5.92 Å². The Hall–Kier alpha value is -1.26. The molecular formula is C16H27NO3. The summed E-state index contributed by atoms with van der Waals surface area (Å²) >= 11 is 0. The molecule has 0 saturated heterocycles. The van der Waals surface area contributed by atoms with Crippen LogP contribution >= 0.6 is 0 Å². The zero-order chi connectivity index (χ0) is 15.0. The van der Waals surface area contributed by atoms with Crippen molar-refractivity contribution in [3.05, 3.63) is 23.8 Å². The van der Waals surface area contributed by atoms with Gasteiger partial charge in [-0.25, -0.2) is 0 Å². The van der Waals surface area contributed by atoms with Gasteiger partial charge in [0.15, 0.2) is 11.5 Å². The van der Waals surface area contributed by atoms with Crippen LogP contribution in [0, 0.1) is 5.92 Å². The number of hydrogen-bond donors (Lipinski definition) is 2. The van der Waals surface area contributed by atoms with E-state index in [0.717, 1.165) is 23.6 Å². The van der Waals surface area contributed by atoms with Gasteiger partial charge in [-0.1, -0.05) is 32.9 Å². The first kappa shape index (κ1) is 16.8. The van der Waals surface area contributed by atoms with E-state index in [9.17, 15) is 0 Å².